The number of carbonyl (C=O) groups excluding carboxylic acids is 1. The number of nitrogens with zero attached hydrogens (tertiary/aromatic N) is 2. The molecule has 0 atom stereocenters. The molecule has 0 unspecified atom stereocenters. The van der Waals surface area contributed by atoms with E-state index in [0.29, 0.717) is 0 Å². The van der Waals surface area contributed by atoms with Crippen LogP contribution in [0.25, 0.3) is 0 Å². The first-order valence-electron chi connectivity index (χ1n) is 9.00. The van der Waals surface area contributed by atoms with Gasteiger partial charge in [-0.1, -0.05) is 18.2 Å². The number of benzene rings is 2. The third-order valence-corrected chi connectivity index (χ3v) is 4.54. The smallest absolute Gasteiger partial charge is 0.387 e. The lowest BCUT2D eigenvalue weighted by molar-refractivity contribution is -0.117. The molecule has 0 saturated carbocycles. The Hall–Kier alpha value is -2.87. The summed E-state index contributed by atoms with van der Waals surface area (Å²) < 4.78 is 34.7. The lowest BCUT2D eigenvalue weighted by atomic mass is 10.2. The summed E-state index contributed by atoms with van der Waals surface area (Å²) in [4.78, 5) is 16.6. The molecule has 2 aromatic carbocycles. The fourth-order valence-corrected chi connectivity index (χ4v) is 3.13. The van der Waals surface area contributed by atoms with E-state index in [0.717, 1.165) is 37.6 Å². The fraction of sp³-hybridized carbons (Fsp3) is 0.350. The minimum Gasteiger partial charge on any atom is -0.497 e. The quantitative estimate of drug-likeness (QED) is 0.786. The summed E-state index contributed by atoms with van der Waals surface area (Å²) in [5.41, 5.74) is 1.32. The summed E-state index contributed by atoms with van der Waals surface area (Å²) in [5, 5.41) is 2.65. The second-order valence-electron chi connectivity index (χ2n) is 6.39. The van der Waals surface area contributed by atoms with Gasteiger partial charge in [0.25, 0.3) is 0 Å². The summed E-state index contributed by atoms with van der Waals surface area (Å²) in [6.45, 7) is 0.258. The van der Waals surface area contributed by atoms with Gasteiger partial charge in [-0.3, -0.25) is 9.69 Å². The molecule has 6 nitrogen and oxygen atoms in total. The van der Waals surface area contributed by atoms with Gasteiger partial charge >= 0.3 is 6.61 Å². The average Bonchev–Trinajstić information content (AvgIpc) is 2.70. The second kappa shape index (κ2) is 9.36. The van der Waals surface area contributed by atoms with Gasteiger partial charge in [-0.15, -0.1) is 0 Å². The van der Waals surface area contributed by atoms with E-state index in [1.807, 2.05) is 29.2 Å². The molecule has 0 spiro atoms. The Bertz CT molecular complexity index is 796. The van der Waals surface area contributed by atoms with Gasteiger partial charge in [0.1, 0.15) is 11.5 Å². The van der Waals surface area contributed by atoms with E-state index in [1.165, 1.54) is 12.1 Å². The molecule has 1 fully saturated rings. The van der Waals surface area contributed by atoms with Crippen molar-refractivity contribution in [3.05, 3.63) is 48.5 Å². The predicted molar refractivity (Wildman–Crippen MR) is 103 cm³/mol. The number of piperazine rings is 1. The van der Waals surface area contributed by atoms with Gasteiger partial charge in [0.2, 0.25) is 5.91 Å². The van der Waals surface area contributed by atoms with Gasteiger partial charge in [0.15, 0.2) is 0 Å². The minimum atomic E-state index is -2.94. The van der Waals surface area contributed by atoms with Gasteiger partial charge in [0.05, 0.1) is 19.3 Å². The fourth-order valence-electron chi connectivity index (χ4n) is 3.13. The maximum absolute atomic E-state index is 12.5. The van der Waals surface area contributed by atoms with Crippen molar-refractivity contribution in [2.24, 2.45) is 0 Å². The summed E-state index contributed by atoms with van der Waals surface area (Å²) >= 11 is 0. The molecule has 0 aliphatic carbocycles. The standard InChI is InChI=1S/C20H23F2N3O3/c1-27-16-6-4-5-15(13-16)25-11-9-24(10-12-25)14-19(26)23-17-7-2-3-8-18(17)28-20(21)22/h2-8,13,20H,9-12,14H2,1H3,(H,23,26). The van der Waals surface area contributed by atoms with Crippen LogP contribution < -0.4 is 19.7 Å². The Morgan fingerprint density at radius 3 is 2.57 bits per heavy atom. The van der Waals surface area contributed by atoms with Gasteiger partial charge < -0.3 is 19.7 Å². The number of nitrogens with one attached hydrogen (secondary N) is 1. The molecule has 1 N–H and O–H groups in total. The number of methoxy groups -OCH3 is 1. The van der Waals surface area contributed by atoms with Gasteiger partial charge in [0, 0.05) is 37.9 Å². The van der Waals surface area contributed by atoms with E-state index in [4.69, 9.17) is 4.74 Å². The average molecular weight is 391 g/mol. The molecule has 1 amide bonds. The zero-order valence-electron chi connectivity index (χ0n) is 15.6. The van der Waals surface area contributed by atoms with Crippen LogP contribution in [0.5, 0.6) is 11.5 Å². The number of rotatable bonds is 7. The lowest BCUT2D eigenvalue weighted by Crippen LogP contribution is -2.48. The highest BCUT2D eigenvalue weighted by Crippen LogP contribution is 2.26. The molecular weight excluding hydrogens is 368 g/mol. The molecule has 1 aliphatic heterocycles. The van der Waals surface area contributed by atoms with Crippen molar-refractivity contribution in [3.63, 3.8) is 0 Å². The topological polar surface area (TPSA) is 54.0 Å². The largest absolute Gasteiger partial charge is 0.497 e. The number of hydrogen-bond donors (Lipinski definition) is 1. The van der Waals surface area contributed by atoms with Gasteiger partial charge in [-0.25, -0.2) is 0 Å². The molecule has 1 aliphatic rings. The molecule has 3 rings (SSSR count). The van der Waals surface area contributed by atoms with Crippen molar-refractivity contribution in [1.29, 1.82) is 0 Å². The number of amides is 1. The molecular formula is C20H23F2N3O3. The summed E-state index contributed by atoms with van der Waals surface area (Å²) in [6, 6.07) is 14.0. The Balaban J connectivity index is 1.51. The molecule has 28 heavy (non-hydrogen) atoms. The second-order valence-corrected chi connectivity index (χ2v) is 6.39. The van der Waals surface area contributed by atoms with Crippen molar-refractivity contribution in [2.45, 2.75) is 6.61 Å². The van der Waals surface area contributed by atoms with Crippen LogP contribution in [0, 0.1) is 0 Å². The van der Waals surface area contributed by atoms with Crippen LogP contribution in [0.3, 0.4) is 0 Å². The van der Waals surface area contributed by atoms with E-state index >= 15 is 0 Å². The number of hydrogen-bond acceptors (Lipinski definition) is 5. The number of alkyl halides is 2. The van der Waals surface area contributed by atoms with E-state index < -0.39 is 6.61 Å². The van der Waals surface area contributed by atoms with E-state index in [2.05, 4.69) is 15.0 Å². The third kappa shape index (κ3) is 5.32. The summed E-state index contributed by atoms with van der Waals surface area (Å²) in [5.74, 6) is 0.498. The Morgan fingerprint density at radius 2 is 1.86 bits per heavy atom. The van der Waals surface area contributed by atoms with Gasteiger partial charge in [-0.05, 0) is 24.3 Å². The molecule has 0 aromatic heterocycles. The highest BCUT2D eigenvalue weighted by atomic mass is 19.3. The Morgan fingerprint density at radius 1 is 1.11 bits per heavy atom. The van der Waals surface area contributed by atoms with Crippen LogP contribution >= 0.6 is 0 Å². The van der Waals surface area contributed by atoms with Crippen molar-refractivity contribution in [1.82, 2.24) is 4.90 Å². The van der Waals surface area contributed by atoms with Crippen molar-refractivity contribution in [3.8, 4) is 11.5 Å². The van der Waals surface area contributed by atoms with Crippen LogP contribution in [-0.2, 0) is 4.79 Å². The molecule has 0 bridgehead atoms. The SMILES string of the molecule is COc1cccc(N2CCN(CC(=O)Nc3ccccc3OC(F)F)CC2)c1. The molecule has 150 valence electrons. The van der Waals surface area contributed by atoms with Crippen LogP contribution in [0.2, 0.25) is 0 Å². The third-order valence-electron chi connectivity index (χ3n) is 4.54. The van der Waals surface area contributed by atoms with Crippen molar-refractivity contribution < 1.29 is 23.0 Å². The number of para-hydroxylation sites is 2. The monoisotopic (exact) mass is 391 g/mol. The molecule has 1 heterocycles. The lowest BCUT2D eigenvalue weighted by Gasteiger charge is -2.35. The van der Waals surface area contributed by atoms with Crippen LogP contribution in [-0.4, -0.2) is 57.3 Å². The molecule has 8 heteroatoms. The first-order valence-corrected chi connectivity index (χ1v) is 9.00. The first kappa shape index (κ1) is 19.9. The van der Waals surface area contributed by atoms with Crippen LogP contribution in [0.4, 0.5) is 20.2 Å². The minimum absolute atomic E-state index is 0.0475. The van der Waals surface area contributed by atoms with Crippen LogP contribution in [0.1, 0.15) is 0 Å². The summed E-state index contributed by atoms with van der Waals surface area (Å²) in [7, 11) is 1.64. The predicted octanol–water partition coefficient (Wildman–Crippen LogP) is 3.06. The number of anilines is 2. The van der Waals surface area contributed by atoms with Crippen LogP contribution in [0.15, 0.2) is 48.5 Å². The van der Waals surface area contributed by atoms with Crippen molar-refractivity contribution >= 4 is 17.3 Å². The highest BCUT2D eigenvalue weighted by molar-refractivity contribution is 5.93. The number of halogens is 2. The van der Waals surface area contributed by atoms with Crippen molar-refractivity contribution in [2.75, 3.05) is 50.1 Å². The number of ether oxygens (including phenoxy) is 2. The normalized spacial score (nSPS) is 14.8. The molecule has 0 radical (unpaired) electrons. The zero-order chi connectivity index (χ0) is 19.9. The Labute approximate surface area is 162 Å². The summed E-state index contributed by atoms with van der Waals surface area (Å²) in [6.07, 6.45) is 0. The molecule has 2 aromatic rings. The molecule has 1 saturated heterocycles. The number of carbonyl (C=O) groups is 1. The maximum atomic E-state index is 12.5. The van der Waals surface area contributed by atoms with Gasteiger partial charge in [-0.2, -0.15) is 8.78 Å². The zero-order valence-corrected chi connectivity index (χ0v) is 15.6. The highest BCUT2D eigenvalue weighted by Gasteiger charge is 2.20. The van der Waals surface area contributed by atoms with E-state index in [1.54, 1.807) is 19.2 Å². The van der Waals surface area contributed by atoms with E-state index in [9.17, 15) is 13.6 Å². The maximum Gasteiger partial charge on any atom is 0.387 e. The Kier molecular flexibility index (Phi) is 6.65. The van der Waals surface area contributed by atoms with E-state index in [-0.39, 0.29) is 23.9 Å². The first-order chi connectivity index (χ1) is 13.5.